The van der Waals surface area contributed by atoms with Crippen molar-refractivity contribution < 1.29 is 14.3 Å². The Morgan fingerprint density at radius 3 is 2.35 bits per heavy atom. The van der Waals surface area contributed by atoms with E-state index in [2.05, 4.69) is 4.98 Å². The number of aromatic nitrogens is 1. The fourth-order valence-electron chi connectivity index (χ4n) is 1.48. The van der Waals surface area contributed by atoms with Crippen molar-refractivity contribution in [2.75, 3.05) is 13.2 Å². The lowest BCUT2D eigenvalue weighted by Gasteiger charge is -2.07. The number of para-hydroxylation sites is 1. The Kier molecular flexibility index (Phi) is 5.21. The van der Waals surface area contributed by atoms with Gasteiger partial charge in [-0.05, 0) is 24.3 Å². The van der Waals surface area contributed by atoms with Crippen molar-refractivity contribution in [1.82, 2.24) is 4.98 Å². The largest absolute Gasteiger partial charge is 0.490 e. The van der Waals surface area contributed by atoms with Crippen LogP contribution >= 0.6 is 23.2 Å². The highest BCUT2D eigenvalue weighted by Gasteiger charge is 2.10. The maximum Gasteiger partial charge on any atom is 0.338 e. The van der Waals surface area contributed by atoms with E-state index in [4.69, 9.17) is 32.7 Å². The third-order valence-corrected chi connectivity index (χ3v) is 2.71. The summed E-state index contributed by atoms with van der Waals surface area (Å²) in [6.45, 7) is 0.396. The highest BCUT2D eigenvalue weighted by Crippen LogP contribution is 2.15. The first-order valence-electron chi connectivity index (χ1n) is 5.83. The Hall–Kier alpha value is -1.78. The van der Waals surface area contributed by atoms with Crippen molar-refractivity contribution in [3.05, 3.63) is 58.3 Å². The predicted molar refractivity (Wildman–Crippen MR) is 76.5 cm³/mol. The number of hydrogen-bond acceptors (Lipinski definition) is 4. The third-order valence-electron chi connectivity index (χ3n) is 2.33. The van der Waals surface area contributed by atoms with Crippen LogP contribution in [0.1, 0.15) is 10.4 Å². The molecular formula is C14H11Cl2NO3. The molecule has 0 unspecified atom stereocenters. The van der Waals surface area contributed by atoms with Crippen molar-refractivity contribution in [3.63, 3.8) is 0 Å². The Labute approximate surface area is 126 Å². The predicted octanol–water partition coefficient (Wildman–Crippen LogP) is 3.62. The minimum absolute atomic E-state index is 0.130. The van der Waals surface area contributed by atoms with E-state index in [1.807, 2.05) is 30.3 Å². The van der Waals surface area contributed by atoms with Gasteiger partial charge in [0.05, 0.1) is 5.56 Å². The molecule has 2 aromatic rings. The highest BCUT2D eigenvalue weighted by atomic mass is 35.5. The first-order chi connectivity index (χ1) is 9.65. The van der Waals surface area contributed by atoms with Crippen LogP contribution in [-0.2, 0) is 4.74 Å². The van der Waals surface area contributed by atoms with E-state index in [0.29, 0.717) is 0 Å². The monoisotopic (exact) mass is 311 g/mol. The summed E-state index contributed by atoms with van der Waals surface area (Å²) in [5, 5.41) is 0.287. The molecule has 0 fully saturated rings. The number of pyridine rings is 1. The van der Waals surface area contributed by atoms with Crippen LogP contribution in [0.2, 0.25) is 10.3 Å². The molecule has 0 aliphatic rings. The summed E-state index contributed by atoms with van der Waals surface area (Å²) < 4.78 is 10.4. The molecule has 4 nitrogen and oxygen atoms in total. The van der Waals surface area contributed by atoms with E-state index >= 15 is 0 Å². The molecule has 0 saturated heterocycles. The number of hydrogen-bond donors (Lipinski definition) is 0. The van der Waals surface area contributed by atoms with Gasteiger partial charge in [0.25, 0.3) is 0 Å². The second-order valence-electron chi connectivity index (χ2n) is 3.80. The van der Waals surface area contributed by atoms with E-state index in [9.17, 15) is 4.79 Å². The molecule has 0 N–H and O–H groups in total. The molecule has 6 heteroatoms. The maximum atomic E-state index is 11.7. The van der Waals surface area contributed by atoms with Gasteiger partial charge in [0.2, 0.25) is 0 Å². The summed E-state index contributed by atoms with van der Waals surface area (Å²) in [4.78, 5) is 15.5. The fourth-order valence-corrected chi connectivity index (χ4v) is 1.94. The van der Waals surface area contributed by atoms with Gasteiger partial charge < -0.3 is 9.47 Å². The number of carbonyl (C=O) groups is 1. The van der Waals surface area contributed by atoms with Crippen LogP contribution in [0.4, 0.5) is 0 Å². The van der Waals surface area contributed by atoms with Crippen LogP contribution in [0.3, 0.4) is 0 Å². The van der Waals surface area contributed by atoms with Crippen molar-refractivity contribution in [3.8, 4) is 5.75 Å². The zero-order chi connectivity index (χ0) is 14.4. The van der Waals surface area contributed by atoms with Crippen molar-refractivity contribution >= 4 is 29.2 Å². The smallest absolute Gasteiger partial charge is 0.338 e. The fraction of sp³-hybridized carbons (Fsp3) is 0.143. The topological polar surface area (TPSA) is 48.4 Å². The maximum absolute atomic E-state index is 11.7. The normalized spacial score (nSPS) is 10.1. The molecule has 1 aromatic carbocycles. The van der Waals surface area contributed by atoms with Gasteiger partial charge in [-0.15, -0.1) is 0 Å². The lowest BCUT2D eigenvalue weighted by molar-refractivity contribution is 0.0450. The first-order valence-corrected chi connectivity index (χ1v) is 6.59. The van der Waals surface area contributed by atoms with E-state index < -0.39 is 5.97 Å². The summed E-state index contributed by atoms with van der Waals surface area (Å²) in [6.07, 6.45) is 0. The number of halogens is 2. The zero-order valence-electron chi connectivity index (χ0n) is 10.4. The number of nitrogens with zero attached hydrogens (tertiary/aromatic N) is 1. The Morgan fingerprint density at radius 2 is 1.70 bits per heavy atom. The molecule has 104 valence electrons. The third kappa shape index (κ3) is 4.40. The summed E-state index contributed by atoms with van der Waals surface area (Å²) in [6, 6.07) is 12.1. The number of rotatable bonds is 5. The Morgan fingerprint density at radius 1 is 1.05 bits per heavy atom. The van der Waals surface area contributed by atoms with Crippen LogP contribution < -0.4 is 4.74 Å². The second kappa shape index (κ2) is 7.12. The Balaban J connectivity index is 1.80. The van der Waals surface area contributed by atoms with Crippen LogP contribution in [0.15, 0.2) is 42.5 Å². The van der Waals surface area contributed by atoms with Gasteiger partial charge in [0.1, 0.15) is 29.3 Å². The van der Waals surface area contributed by atoms with E-state index in [0.717, 1.165) is 5.75 Å². The van der Waals surface area contributed by atoms with E-state index in [1.54, 1.807) is 0 Å². The molecule has 0 saturated carbocycles. The van der Waals surface area contributed by atoms with Crippen molar-refractivity contribution in [1.29, 1.82) is 0 Å². The second-order valence-corrected chi connectivity index (χ2v) is 4.57. The lowest BCUT2D eigenvalue weighted by atomic mass is 10.3. The number of ether oxygens (including phenoxy) is 2. The molecule has 0 amide bonds. The van der Waals surface area contributed by atoms with Crippen LogP contribution in [0.25, 0.3) is 0 Å². The molecule has 0 aliphatic carbocycles. The van der Waals surface area contributed by atoms with E-state index in [1.165, 1.54) is 12.1 Å². The molecule has 2 rings (SSSR count). The SMILES string of the molecule is O=C(OCCOc1ccccc1)c1cc(Cl)nc(Cl)c1. The molecule has 1 heterocycles. The molecule has 0 spiro atoms. The van der Waals surface area contributed by atoms with Crippen LogP contribution in [-0.4, -0.2) is 24.2 Å². The summed E-state index contributed by atoms with van der Waals surface area (Å²) in [5.41, 5.74) is 0.259. The lowest BCUT2D eigenvalue weighted by Crippen LogP contribution is -2.12. The number of benzene rings is 1. The summed E-state index contributed by atoms with van der Waals surface area (Å²) in [7, 11) is 0. The first kappa shape index (κ1) is 14.6. The van der Waals surface area contributed by atoms with Gasteiger partial charge in [0.15, 0.2) is 0 Å². The van der Waals surface area contributed by atoms with Gasteiger partial charge >= 0.3 is 5.97 Å². The van der Waals surface area contributed by atoms with Crippen molar-refractivity contribution in [2.45, 2.75) is 0 Å². The summed E-state index contributed by atoms with van der Waals surface area (Å²) in [5.74, 6) is 0.200. The van der Waals surface area contributed by atoms with Gasteiger partial charge in [-0.3, -0.25) is 0 Å². The Bertz CT molecular complexity index is 570. The van der Waals surface area contributed by atoms with Crippen LogP contribution in [0.5, 0.6) is 5.75 Å². The summed E-state index contributed by atoms with van der Waals surface area (Å²) >= 11 is 11.4. The average molecular weight is 312 g/mol. The van der Waals surface area contributed by atoms with Gasteiger partial charge in [-0.25, -0.2) is 9.78 Å². The van der Waals surface area contributed by atoms with E-state index in [-0.39, 0.29) is 29.1 Å². The van der Waals surface area contributed by atoms with Gasteiger partial charge in [-0.2, -0.15) is 0 Å². The average Bonchev–Trinajstić information content (AvgIpc) is 2.43. The molecular weight excluding hydrogens is 301 g/mol. The van der Waals surface area contributed by atoms with Gasteiger partial charge in [0, 0.05) is 0 Å². The zero-order valence-corrected chi connectivity index (χ0v) is 11.9. The number of carbonyl (C=O) groups excluding carboxylic acids is 1. The quantitative estimate of drug-likeness (QED) is 0.480. The molecule has 0 bridgehead atoms. The van der Waals surface area contributed by atoms with Gasteiger partial charge in [-0.1, -0.05) is 41.4 Å². The number of esters is 1. The molecule has 0 aliphatic heterocycles. The minimum Gasteiger partial charge on any atom is -0.490 e. The molecule has 0 radical (unpaired) electrons. The molecule has 0 atom stereocenters. The highest BCUT2D eigenvalue weighted by molar-refractivity contribution is 6.32. The minimum atomic E-state index is -0.520. The van der Waals surface area contributed by atoms with Crippen molar-refractivity contribution in [2.24, 2.45) is 0 Å². The molecule has 20 heavy (non-hydrogen) atoms. The standard InChI is InChI=1S/C14H11Cl2NO3/c15-12-8-10(9-13(16)17-12)14(18)20-7-6-19-11-4-2-1-3-5-11/h1-5,8-9H,6-7H2. The van der Waals surface area contributed by atoms with Crippen LogP contribution in [0, 0.1) is 0 Å². The molecule has 1 aromatic heterocycles.